The number of carboxylic acids is 1. The third-order valence-electron chi connectivity index (χ3n) is 3.17. The number of hydrogen-bond acceptors (Lipinski definition) is 2. The van der Waals surface area contributed by atoms with Gasteiger partial charge in [0.2, 0.25) is 0 Å². The lowest BCUT2D eigenvalue weighted by molar-refractivity contribution is -0.137. The summed E-state index contributed by atoms with van der Waals surface area (Å²) >= 11 is 5.77. The van der Waals surface area contributed by atoms with Crippen molar-refractivity contribution >= 4 is 17.6 Å². The number of hydrogen-bond donors (Lipinski definition) is 1. The van der Waals surface area contributed by atoms with Crippen molar-refractivity contribution in [3.8, 4) is 5.75 Å². The molecule has 0 aromatic heterocycles. The van der Waals surface area contributed by atoms with Gasteiger partial charge < -0.3 is 9.84 Å². The molecule has 1 fully saturated rings. The summed E-state index contributed by atoms with van der Waals surface area (Å²) in [5, 5.41) is 8.83. The van der Waals surface area contributed by atoms with Crippen LogP contribution < -0.4 is 4.74 Å². The van der Waals surface area contributed by atoms with Gasteiger partial charge in [-0.25, -0.2) is 4.39 Å². The summed E-state index contributed by atoms with van der Waals surface area (Å²) in [6, 6.07) is 3.03. The molecular formula is C12H12ClFO3. The zero-order valence-electron chi connectivity index (χ0n) is 9.30. The van der Waals surface area contributed by atoms with Gasteiger partial charge in [0, 0.05) is 5.41 Å². The monoisotopic (exact) mass is 258 g/mol. The molecule has 0 atom stereocenters. The third kappa shape index (κ3) is 2.22. The number of aliphatic carboxylic acids is 1. The maximum Gasteiger partial charge on any atom is 0.304 e. The Balaban J connectivity index is 2.40. The molecule has 0 saturated heterocycles. The molecule has 1 aromatic carbocycles. The molecule has 0 unspecified atom stereocenters. The molecule has 0 spiro atoms. The molecule has 3 nitrogen and oxygen atoms in total. The molecule has 1 saturated carbocycles. The van der Waals surface area contributed by atoms with E-state index < -0.39 is 17.2 Å². The van der Waals surface area contributed by atoms with E-state index in [1.165, 1.54) is 19.2 Å². The minimum absolute atomic E-state index is 0.0315. The second-order valence-corrected chi connectivity index (χ2v) is 4.73. The van der Waals surface area contributed by atoms with Crippen molar-refractivity contribution in [3.63, 3.8) is 0 Å². The standard InChI is InChI=1S/C12H12ClFO3/c1-17-9-5-7(4-8(13)11(9)14)12(2-3-12)6-10(15)16/h4-5H,2-3,6H2,1H3,(H,15,16). The second kappa shape index (κ2) is 4.18. The topological polar surface area (TPSA) is 46.5 Å². The Morgan fingerprint density at radius 3 is 2.71 bits per heavy atom. The Kier molecular flexibility index (Phi) is 3.00. The molecule has 0 radical (unpaired) electrons. The normalized spacial score (nSPS) is 16.6. The summed E-state index contributed by atoms with van der Waals surface area (Å²) in [6.07, 6.45) is 1.60. The Morgan fingerprint density at radius 1 is 1.59 bits per heavy atom. The highest BCUT2D eigenvalue weighted by molar-refractivity contribution is 6.31. The molecular weight excluding hydrogens is 247 g/mol. The Bertz CT molecular complexity index is 469. The van der Waals surface area contributed by atoms with Crippen molar-refractivity contribution in [2.75, 3.05) is 7.11 Å². The summed E-state index contributed by atoms with van der Waals surface area (Å²) in [5.41, 5.74) is 0.347. The lowest BCUT2D eigenvalue weighted by Crippen LogP contribution is -2.13. The Hall–Kier alpha value is -1.29. The van der Waals surface area contributed by atoms with Gasteiger partial charge in [0.05, 0.1) is 18.6 Å². The van der Waals surface area contributed by atoms with E-state index in [0.29, 0.717) is 0 Å². The van der Waals surface area contributed by atoms with E-state index in [2.05, 4.69) is 0 Å². The SMILES string of the molecule is COc1cc(C2(CC(=O)O)CC2)cc(Cl)c1F. The predicted molar refractivity (Wildman–Crippen MR) is 61.1 cm³/mol. The summed E-state index contributed by atoms with van der Waals surface area (Å²) in [4.78, 5) is 10.8. The van der Waals surface area contributed by atoms with E-state index in [1.807, 2.05) is 0 Å². The number of rotatable bonds is 4. The first-order chi connectivity index (χ1) is 7.98. The fourth-order valence-electron chi connectivity index (χ4n) is 2.03. The lowest BCUT2D eigenvalue weighted by atomic mass is 9.92. The summed E-state index contributed by atoms with van der Waals surface area (Å²) in [5.74, 6) is -1.41. The van der Waals surface area contributed by atoms with Gasteiger partial charge in [-0.05, 0) is 30.5 Å². The minimum atomic E-state index is -0.859. The number of methoxy groups -OCH3 is 1. The average Bonchev–Trinajstić information content (AvgIpc) is 3.01. The highest BCUT2D eigenvalue weighted by Crippen LogP contribution is 2.52. The van der Waals surface area contributed by atoms with Crippen LogP contribution in [0, 0.1) is 5.82 Å². The van der Waals surface area contributed by atoms with Crippen molar-refractivity contribution in [2.45, 2.75) is 24.7 Å². The van der Waals surface area contributed by atoms with Gasteiger partial charge in [0.15, 0.2) is 11.6 Å². The van der Waals surface area contributed by atoms with Crippen LogP contribution in [0.1, 0.15) is 24.8 Å². The van der Waals surface area contributed by atoms with Gasteiger partial charge in [-0.1, -0.05) is 11.6 Å². The summed E-state index contributed by atoms with van der Waals surface area (Å²) < 4.78 is 18.4. The third-order valence-corrected chi connectivity index (χ3v) is 3.45. The lowest BCUT2D eigenvalue weighted by Gasteiger charge is -2.15. The Labute approximate surface area is 103 Å². The number of ether oxygens (including phenoxy) is 1. The molecule has 1 aromatic rings. The van der Waals surface area contributed by atoms with E-state index in [4.69, 9.17) is 21.4 Å². The van der Waals surface area contributed by atoms with Gasteiger partial charge in [-0.3, -0.25) is 4.79 Å². The van der Waals surface area contributed by atoms with E-state index in [0.717, 1.165) is 18.4 Å². The van der Waals surface area contributed by atoms with Crippen molar-refractivity contribution < 1.29 is 19.0 Å². The highest BCUT2D eigenvalue weighted by atomic mass is 35.5. The highest BCUT2D eigenvalue weighted by Gasteiger charge is 2.46. The quantitative estimate of drug-likeness (QED) is 0.903. The largest absolute Gasteiger partial charge is 0.494 e. The van der Waals surface area contributed by atoms with Gasteiger partial charge in [0.1, 0.15) is 0 Å². The molecule has 0 bridgehead atoms. The first-order valence-corrected chi connectivity index (χ1v) is 5.61. The molecule has 17 heavy (non-hydrogen) atoms. The van der Waals surface area contributed by atoms with Crippen molar-refractivity contribution in [1.29, 1.82) is 0 Å². The molecule has 0 heterocycles. The number of benzene rings is 1. The molecule has 5 heteroatoms. The van der Waals surface area contributed by atoms with Crippen LogP contribution >= 0.6 is 11.6 Å². The summed E-state index contributed by atoms with van der Waals surface area (Å²) in [7, 11) is 1.36. The fraction of sp³-hybridized carbons (Fsp3) is 0.417. The predicted octanol–water partition coefficient (Wildman–Crippen LogP) is 2.99. The zero-order valence-corrected chi connectivity index (χ0v) is 10.1. The van der Waals surface area contributed by atoms with E-state index in [1.54, 1.807) is 0 Å². The fourth-order valence-corrected chi connectivity index (χ4v) is 2.24. The van der Waals surface area contributed by atoms with Crippen LogP contribution in [0.3, 0.4) is 0 Å². The average molecular weight is 259 g/mol. The minimum Gasteiger partial charge on any atom is -0.494 e. The molecule has 92 valence electrons. The maximum absolute atomic E-state index is 13.5. The Morgan fingerprint density at radius 2 is 2.24 bits per heavy atom. The maximum atomic E-state index is 13.5. The van der Waals surface area contributed by atoms with Crippen LogP contribution in [0.4, 0.5) is 4.39 Å². The van der Waals surface area contributed by atoms with Gasteiger partial charge in [0.25, 0.3) is 0 Å². The first kappa shape index (κ1) is 12.2. The molecule has 1 aliphatic rings. The van der Waals surface area contributed by atoms with Crippen molar-refractivity contribution in [3.05, 3.63) is 28.5 Å². The van der Waals surface area contributed by atoms with Gasteiger partial charge in [-0.15, -0.1) is 0 Å². The van der Waals surface area contributed by atoms with Crippen molar-refractivity contribution in [2.24, 2.45) is 0 Å². The van der Waals surface area contributed by atoms with Crippen LogP contribution in [0.25, 0.3) is 0 Å². The van der Waals surface area contributed by atoms with Crippen LogP contribution in [0.2, 0.25) is 5.02 Å². The van der Waals surface area contributed by atoms with Crippen LogP contribution in [0.5, 0.6) is 5.75 Å². The van der Waals surface area contributed by atoms with Crippen LogP contribution in [-0.4, -0.2) is 18.2 Å². The van der Waals surface area contributed by atoms with Gasteiger partial charge in [-0.2, -0.15) is 0 Å². The molecule has 2 rings (SSSR count). The second-order valence-electron chi connectivity index (χ2n) is 4.33. The van der Waals surface area contributed by atoms with E-state index >= 15 is 0 Å². The molecule has 0 amide bonds. The molecule has 1 N–H and O–H groups in total. The zero-order chi connectivity index (χ0) is 12.6. The van der Waals surface area contributed by atoms with Gasteiger partial charge >= 0.3 is 5.97 Å². The molecule has 0 aliphatic heterocycles. The van der Waals surface area contributed by atoms with Crippen LogP contribution in [-0.2, 0) is 10.2 Å². The number of carboxylic acid groups (broad SMARTS) is 1. The van der Waals surface area contributed by atoms with Crippen molar-refractivity contribution in [1.82, 2.24) is 0 Å². The summed E-state index contributed by atoms with van der Waals surface area (Å²) in [6.45, 7) is 0. The molecule has 1 aliphatic carbocycles. The van der Waals surface area contributed by atoms with Crippen LogP contribution in [0.15, 0.2) is 12.1 Å². The first-order valence-electron chi connectivity index (χ1n) is 5.24. The van der Waals surface area contributed by atoms with E-state index in [-0.39, 0.29) is 17.2 Å². The smallest absolute Gasteiger partial charge is 0.304 e. The number of carbonyl (C=O) groups is 1. The van der Waals surface area contributed by atoms with E-state index in [9.17, 15) is 9.18 Å². The number of halogens is 2.